The molecule has 39 heavy (non-hydrogen) atoms. The van der Waals surface area contributed by atoms with Gasteiger partial charge in [0.1, 0.15) is 11.5 Å². The Morgan fingerprint density at radius 3 is 2.33 bits per heavy atom. The summed E-state index contributed by atoms with van der Waals surface area (Å²) in [6.45, 7) is 10.5. The van der Waals surface area contributed by atoms with Crippen LogP contribution in [0.5, 0.6) is 0 Å². The summed E-state index contributed by atoms with van der Waals surface area (Å²) in [5.41, 5.74) is 1.46. The Bertz CT molecular complexity index is 1340. The number of carbonyl (C=O) groups is 2. The van der Waals surface area contributed by atoms with Crippen molar-refractivity contribution in [2.45, 2.75) is 65.6 Å². The largest absolute Gasteiger partial charge is 0.368 e. The Balaban J connectivity index is 1.47. The second-order valence-corrected chi connectivity index (χ2v) is 11.3. The van der Waals surface area contributed by atoms with Crippen molar-refractivity contribution in [3.05, 3.63) is 82.2 Å². The molecular formula is C31H36FN5O2. The zero-order chi connectivity index (χ0) is 28.4. The first kappa shape index (κ1) is 28.0. The average molecular weight is 530 g/mol. The van der Waals surface area contributed by atoms with E-state index in [0.717, 1.165) is 5.57 Å². The molecule has 0 bridgehead atoms. The molecule has 1 aromatic carbocycles. The van der Waals surface area contributed by atoms with Crippen LogP contribution in [0.3, 0.4) is 0 Å². The molecule has 0 radical (unpaired) electrons. The number of amides is 2. The number of anilines is 1. The van der Waals surface area contributed by atoms with Gasteiger partial charge < -0.3 is 15.5 Å². The normalized spacial score (nSPS) is 18.3. The number of pyridine rings is 1. The van der Waals surface area contributed by atoms with Crippen molar-refractivity contribution < 1.29 is 14.0 Å². The molecule has 1 fully saturated rings. The van der Waals surface area contributed by atoms with Crippen LogP contribution in [0.4, 0.5) is 10.2 Å². The Morgan fingerprint density at radius 1 is 1.10 bits per heavy atom. The van der Waals surface area contributed by atoms with E-state index < -0.39 is 11.1 Å². The van der Waals surface area contributed by atoms with E-state index in [4.69, 9.17) is 5.26 Å². The van der Waals surface area contributed by atoms with Crippen LogP contribution in [0.1, 0.15) is 75.4 Å². The highest BCUT2D eigenvalue weighted by Crippen LogP contribution is 2.42. The number of aromatic nitrogens is 1. The molecule has 2 amide bonds. The maximum absolute atomic E-state index is 15.8. The number of piperidine rings is 1. The first-order valence-electron chi connectivity index (χ1n) is 13.4. The Hall–Kier alpha value is -3.99. The monoisotopic (exact) mass is 529 g/mol. The van der Waals surface area contributed by atoms with Gasteiger partial charge >= 0.3 is 0 Å². The van der Waals surface area contributed by atoms with E-state index in [1.54, 1.807) is 41.3 Å². The molecule has 1 aliphatic carbocycles. The molecule has 1 saturated heterocycles. The van der Waals surface area contributed by atoms with Gasteiger partial charge in [0, 0.05) is 49.4 Å². The molecule has 204 valence electrons. The van der Waals surface area contributed by atoms with Crippen LogP contribution in [0.2, 0.25) is 0 Å². The van der Waals surface area contributed by atoms with E-state index >= 15 is 4.39 Å². The summed E-state index contributed by atoms with van der Waals surface area (Å²) in [5, 5.41) is 15.2. The third kappa shape index (κ3) is 6.03. The number of likely N-dealkylation sites (tertiary alicyclic amines) is 1. The third-order valence-corrected chi connectivity index (χ3v) is 7.57. The molecule has 0 atom stereocenters. The van der Waals surface area contributed by atoms with E-state index in [2.05, 4.69) is 21.7 Å². The van der Waals surface area contributed by atoms with Crippen LogP contribution in [-0.2, 0) is 10.5 Å². The second kappa shape index (κ2) is 11.0. The van der Waals surface area contributed by atoms with Crippen LogP contribution in [0.15, 0.2) is 65.5 Å². The zero-order valence-electron chi connectivity index (χ0n) is 23.3. The minimum Gasteiger partial charge on any atom is -0.368 e. The van der Waals surface area contributed by atoms with Crippen molar-refractivity contribution in [1.29, 1.82) is 5.26 Å². The average Bonchev–Trinajstić information content (AvgIpc) is 2.90. The van der Waals surface area contributed by atoms with Gasteiger partial charge in [0.25, 0.3) is 11.8 Å². The molecule has 2 heterocycles. The Kier molecular flexibility index (Phi) is 7.91. The van der Waals surface area contributed by atoms with Crippen LogP contribution < -0.4 is 10.6 Å². The molecular weight excluding hydrogens is 493 g/mol. The van der Waals surface area contributed by atoms with Crippen molar-refractivity contribution in [1.82, 2.24) is 15.2 Å². The van der Waals surface area contributed by atoms with Crippen LogP contribution in [0, 0.1) is 16.7 Å². The number of nitrogens with zero attached hydrogens (tertiary/aromatic N) is 3. The van der Waals surface area contributed by atoms with Gasteiger partial charge in [-0.25, -0.2) is 9.37 Å². The molecule has 1 aromatic heterocycles. The number of benzene rings is 1. The summed E-state index contributed by atoms with van der Waals surface area (Å²) in [7, 11) is 0. The lowest BCUT2D eigenvalue weighted by Crippen LogP contribution is -2.46. The quantitative estimate of drug-likeness (QED) is 0.506. The van der Waals surface area contributed by atoms with E-state index in [0.29, 0.717) is 40.2 Å². The number of carbonyl (C=O) groups excluding carboxylic acids is 2. The maximum atomic E-state index is 15.8. The van der Waals surface area contributed by atoms with Gasteiger partial charge in [-0.3, -0.25) is 9.59 Å². The Morgan fingerprint density at radius 2 is 1.77 bits per heavy atom. The highest BCUT2D eigenvalue weighted by atomic mass is 19.1. The predicted octanol–water partition coefficient (Wildman–Crippen LogP) is 5.62. The lowest BCUT2D eigenvalue weighted by atomic mass is 9.73. The smallest absolute Gasteiger partial charge is 0.257 e. The standard InChI is InChI=1S/C31H36FN5O2/c1-20(2)35-26-11-8-23(19-34-26)28(38)36-25-12-13-30(4,5)27(21(25)3)29(39)37-16-14-31(32,15-17-37)24-9-6-22(18-33)7-10-24/h6-12,19-20H,13-17H2,1-5H3,(H,34,35)(H,36,38). The van der Waals surface area contributed by atoms with Crippen LogP contribution in [-0.4, -0.2) is 40.8 Å². The number of halogens is 1. The fraction of sp³-hybridized carbons (Fsp3) is 0.419. The molecule has 1 aliphatic heterocycles. The summed E-state index contributed by atoms with van der Waals surface area (Å²) in [6.07, 6.45) is 4.45. The van der Waals surface area contributed by atoms with Crippen molar-refractivity contribution in [3.63, 3.8) is 0 Å². The number of allylic oxidation sites excluding steroid dienone is 2. The summed E-state index contributed by atoms with van der Waals surface area (Å²) in [5.74, 6) is 0.283. The second-order valence-electron chi connectivity index (χ2n) is 11.3. The molecule has 2 N–H and O–H groups in total. The van der Waals surface area contributed by atoms with E-state index in [1.807, 2.05) is 40.7 Å². The third-order valence-electron chi connectivity index (χ3n) is 7.57. The predicted molar refractivity (Wildman–Crippen MR) is 149 cm³/mol. The molecule has 2 aliphatic rings. The molecule has 4 rings (SSSR count). The molecule has 0 unspecified atom stereocenters. The van der Waals surface area contributed by atoms with E-state index in [1.165, 1.54) is 6.20 Å². The number of nitriles is 1. The number of nitrogens with one attached hydrogen (secondary N) is 2. The topological polar surface area (TPSA) is 98.1 Å². The molecule has 2 aromatic rings. The molecule has 0 saturated carbocycles. The number of hydrogen-bond donors (Lipinski definition) is 2. The van der Waals surface area contributed by atoms with Gasteiger partial charge in [-0.15, -0.1) is 0 Å². The molecule has 8 heteroatoms. The highest BCUT2D eigenvalue weighted by Gasteiger charge is 2.41. The van der Waals surface area contributed by atoms with Crippen LogP contribution >= 0.6 is 0 Å². The fourth-order valence-electron chi connectivity index (χ4n) is 5.31. The SMILES string of the molecule is CC1=C(C(=O)N2CCC(F)(c3ccc(C#N)cc3)CC2)C(C)(C)CC=C1NC(=O)c1ccc(NC(C)C)nc1. The lowest BCUT2D eigenvalue weighted by Gasteiger charge is -2.40. The van der Waals surface area contributed by atoms with Crippen molar-refractivity contribution >= 4 is 17.6 Å². The number of hydrogen-bond acceptors (Lipinski definition) is 5. The lowest BCUT2D eigenvalue weighted by molar-refractivity contribution is -0.131. The summed E-state index contributed by atoms with van der Waals surface area (Å²) in [4.78, 5) is 32.8. The van der Waals surface area contributed by atoms with Crippen molar-refractivity contribution in [2.24, 2.45) is 5.41 Å². The summed E-state index contributed by atoms with van der Waals surface area (Å²) < 4.78 is 15.8. The van der Waals surface area contributed by atoms with E-state index in [9.17, 15) is 9.59 Å². The highest BCUT2D eigenvalue weighted by molar-refractivity contribution is 5.99. The van der Waals surface area contributed by atoms with E-state index in [-0.39, 0.29) is 43.8 Å². The summed E-state index contributed by atoms with van der Waals surface area (Å²) >= 11 is 0. The first-order valence-corrected chi connectivity index (χ1v) is 13.4. The minimum absolute atomic E-state index is 0.120. The summed E-state index contributed by atoms with van der Waals surface area (Å²) in [6, 6.07) is 12.4. The van der Waals surface area contributed by atoms with Gasteiger partial charge in [0.2, 0.25) is 0 Å². The van der Waals surface area contributed by atoms with Crippen molar-refractivity contribution in [3.8, 4) is 6.07 Å². The Labute approximate surface area is 229 Å². The van der Waals surface area contributed by atoms with Gasteiger partial charge in [0.15, 0.2) is 0 Å². The van der Waals surface area contributed by atoms with Crippen LogP contribution in [0.25, 0.3) is 0 Å². The number of rotatable bonds is 6. The van der Waals surface area contributed by atoms with Crippen molar-refractivity contribution in [2.75, 3.05) is 18.4 Å². The minimum atomic E-state index is -1.54. The zero-order valence-corrected chi connectivity index (χ0v) is 23.3. The van der Waals surface area contributed by atoms with Gasteiger partial charge in [0.05, 0.1) is 17.2 Å². The fourth-order valence-corrected chi connectivity index (χ4v) is 5.31. The van der Waals surface area contributed by atoms with Gasteiger partial charge in [-0.1, -0.05) is 32.1 Å². The molecule has 7 nitrogen and oxygen atoms in total. The molecule has 0 spiro atoms. The number of alkyl halides is 1. The van der Waals surface area contributed by atoms with Gasteiger partial charge in [-0.2, -0.15) is 5.26 Å². The first-order chi connectivity index (χ1) is 18.4. The maximum Gasteiger partial charge on any atom is 0.257 e. The van der Waals surface area contributed by atoms with Gasteiger partial charge in [-0.05, 0) is 68.0 Å².